The van der Waals surface area contributed by atoms with Gasteiger partial charge >= 0.3 is 0 Å². The maximum absolute atomic E-state index is 13.5. The summed E-state index contributed by atoms with van der Waals surface area (Å²) in [5.74, 6) is 0.573. The maximum atomic E-state index is 13.5. The number of piperazine rings is 1. The van der Waals surface area contributed by atoms with E-state index in [9.17, 15) is 9.59 Å². The molecule has 1 aliphatic heterocycles. The predicted octanol–water partition coefficient (Wildman–Crippen LogP) is 4.33. The standard InChI is InChI=1S/C28H31N3O3/c1-2-34-25-15-13-24(14-16-25)29-27(32)19-26-28(33)31(21-23-11-7-4-8-12-23)18-17-30(26)20-22-9-5-3-6-10-22/h3-16,26H,2,17-21H2,1H3,(H,29,32). The average molecular weight is 458 g/mol. The molecule has 1 heterocycles. The molecule has 0 saturated carbocycles. The van der Waals surface area contributed by atoms with Crippen molar-refractivity contribution in [3.05, 3.63) is 96.1 Å². The molecule has 6 heteroatoms. The van der Waals surface area contributed by atoms with Crippen molar-refractivity contribution >= 4 is 17.5 Å². The van der Waals surface area contributed by atoms with Crippen LogP contribution in [0.3, 0.4) is 0 Å². The lowest BCUT2D eigenvalue weighted by Crippen LogP contribution is -2.57. The summed E-state index contributed by atoms with van der Waals surface area (Å²) in [7, 11) is 0. The number of nitrogens with one attached hydrogen (secondary N) is 1. The minimum absolute atomic E-state index is 0.00659. The Balaban J connectivity index is 1.47. The van der Waals surface area contributed by atoms with Crippen LogP contribution in [-0.4, -0.2) is 47.4 Å². The first-order valence-corrected chi connectivity index (χ1v) is 11.8. The molecule has 1 N–H and O–H groups in total. The Morgan fingerprint density at radius 3 is 2.12 bits per heavy atom. The quantitative estimate of drug-likeness (QED) is 0.520. The topological polar surface area (TPSA) is 61.9 Å². The average Bonchev–Trinajstić information content (AvgIpc) is 2.86. The molecular weight excluding hydrogens is 426 g/mol. The zero-order valence-electron chi connectivity index (χ0n) is 19.5. The van der Waals surface area contributed by atoms with E-state index >= 15 is 0 Å². The van der Waals surface area contributed by atoms with E-state index in [1.807, 2.05) is 84.6 Å². The molecule has 34 heavy (non-hydrogen) atoms. The Labute approximate surface area is 201 Å². The van der Waals surface area contributed by atoms with Gasteiger partial charge in [0, 0.05) is 31.9 Å². The van der Waals surface area contributed by atoms with E-state index < -0.39 is 6.04 Å². The molecule has 0 aliphatic carbocycles. The van der Waals surface area contributed by atoms with Gasteiger partial charge in [-0.3, -0.25) is 14.5 Å². The normalized spacial score (nSPS) is 16.3. The number of rotatable bonds is 9. The van der Waals surface area contributed by atoms with Gasteiger partial charge in [-0.05, 0) is 42.3 Å². The first kappa shape index (κ1) is 23.5. The van der Waals surface area contributed by atoms with Crippen molar-refractivity contribution in [2.45, 2.75) is 32.5 Å². The van der Waals surface area contributed by atoms with Crippen LogP contribution < -0.4 is 10.1 Å². The summed E-state index contributed by atoms with van der Waals surface area (Å²) in [6, 6.07) is 26.8. The molecule has 3 aromatic carbocycles. The van der Waals surface area contributed by atoms with E-state index in [0.717, 1.165) is 16.9 Å². The maximum Gasteiger partial charge on any atom is 0.240 e. The van der Waals surface area contributed by atoms with E-state index in [2.05, 4.69) is 22.3 Å². The van der Waals surface area contributed by atoms with Crippen LogP contribution in [0, 0.1) is 0 Å². The first-order chi connectivity index (χ1) is 16.6. The number of benzene rings is 3. The van der Waals surface area contributed by atoms with Gasteiger partial charge in [0.2, 0.25) is 11.8 Å². The molecule has 4 rings (SSSR count). The second kappa shape index (κ2) is 11.5. The molecule has 0 spiro atoms. The number of carbonyl (C=O) groups excluding carboxylic acids is 2. The molecule has 0 radical (unpaired) electrons. The van der Waals surface area contributed by atoms with Crippen molar-refractivity contribution in [2.75, 3.05) is 25.0 Å². The Kier molecular flexibility index (Phi) is 7.94. The van der Waals surface area contributed by atoms with Crippen LogP contribution in [0.25, 0.3) is 0 Å². The number of hydrogen-bond donors (Lipinski definition) is 1. The van der Waals surface area contributed by atoms with Gasteiger partial charge in [0.05, 0.1) is 19.1 Å². The molecule has 0 aromatic heterocycles. The lowest BCUT2D eigenvalue weighted by molar-refractivity contribution is -0.145. The van der Waals surface area contributed by atoms with Crippen LogP contribution in [0.4, 0.5) is 5.69 Å². The smallest absolute Gasteiger partial charge is 0.240 e. The summed E-state index contributed by atoms with van der Waals surface area (Å²) in [6.07, 6.45) is 0.101. The molecule has 1 unspecified atom stereocenters. The minimum Gasteiger partial charge on any atom is -0.494 e. The Hall–Kier alpha value is -3.64. The molecule has 176 valence electrons. The molecule has 6 nitrogen and oxygen atoms in total. The highest BCUT2D eigenvalue weighted by molar-refractivity contribution is 5.95. The van der Waals surface area contributed by atoms with Gasteiger partial charge in [0.15, 0.2) is 0 Å². The van der Waals surface area contributed by atoms with Gasteiger partial charge in [-0.25, -0.2) is 0 Å². The summed E-state index contributed by atoms with van der Waals surface area (Å²) in [6.45, 7) is 5.06. The van der Waals surface area contributed by atoms with Crippen molar-refractivity contribution in [1.82, 2.24) is 9.80 Å². The van der Waals surface area contributed by atoms with Crippen molar-refractivity contribution in [3.63, 3.8) is 0 Å². The van der Waals surface area contributed by atoms with E-state index in [0.29, 0.717) is 38.5 Å². The van der Waals surface area contributed by atoms with E-state index in [4.69, 9.17) is 4.74 Å². The molecule has 0 bridgehead atoms. The number of hydrogen-bond acceptors (Lipinski definition) is 4. The summed E-state index contributed by atoms with van der Waals surface area (Å²) in [5.41, 5.74) is 2.90. The molecule has 2 amide bonds. The third-order valence-electron chi connectivity index (χ3n) is 5.97. The van der Waals surface area contributed by atoms with Gasteiger partial charge in [-0.1, -0.05) is 60.7 Å². The Morgan fingerprint density at radius 2 is 1.50 bits per heavy atom. The minimum atomic E-state index is -0.514. The van der Waals surface area contributed by atoms with Crippen LogP contribution in [-0.2, 0) is 22.7 Å². The summed E-state index contributed by atoms with van der Waals surface area (Å²) in [5, 5.41) is 2.94. The summed E-state index contributed by atoms with van der Waals surface area (Å²) < 4.78 is 5.46. The fourth-order valence-electron chi connectivity index (χ4n) is 4.26. The van der Waals surface area contributed by atoms with Crippen LogP contribution in [0.15, 0.2) is 84.9 Å². The van der Waals surface area contributed by atoms with E-state index in [-0.39, 0.29) is 18.2 Å². The van der Waals surface area contributed by atoms with Crippen LogP contribution >= 0.6 is 0 Å². The van der Waals surface area contributed by atoms with Crippen LogP contribution in [0.1, 0.15) is 24.5 Å². The fourth-order valence-corrected chi connectivity index (χ4v) is 4.26. The Morgan fingerprint density at radius 1 is 0.882 bits per heavy atom. The Bertz CT molecular complexity index is 1070. The number of nitrogens with zero attached hydrogens (tertiary/aromatic N) is 2. The number of amides is 2. The van der Waals surface area contributed by atoms with E-state index in [1.165, 1.54) is 0 Å². The molecule has 1 saturated heterocycles. The van der Waals surface area contributed by atoms with Gasteiger partial charge < -0.3 is 15.0 Å². The van der Waals surface area contributed by atoms with Crippen molar-refractivity contribution < 1.29 is 14.3 Å². The molecule has 1 atom stereocenters. The molecular formula is C28H31N3O3. The van der Waals surface area contributed by atoms with Gasteiger partial charge in [0.1, 0.15) is 5.75 Å². The van der Waals surface area contributed by atoms with Gasteiger partial charge in [0.25, 0.3) is 0 Å². The second-order valence-electron chi connectivity index (χ2n) is 8.43. The highest BCUT2D eigenvalue weighted by Crippen LogP contribution is 2.21. The highest BCUT2D eigenvalue weighted by atomic mass is 16.5. The predicted molar refractivity (Wildman–Crippen MR) is 133 cm³/mol. The summed E-state index contributed by atoms with van der Waals surface area (Å²) in [4.78, 5) is 30.5. The highest BCUT2D eigenvalue weighted by Gasteiger charge is 2.36. The number of carbonyl (C=O) groups is 2. The lowest BCUT2D eigenvalue weighted by atomic mass is 10.0. The lowest BCUT2D eigenvalue weighted by Gasteiger charge is -2.40. The summed E-state index contributed by atoms with van der Waals surface area (Å²) >= 11 is 0. The van der Waals surface area contributed by atoms with E-state index in [1.54, 1.807) is 0 Å². The van der Waals surface area contributed by atoms with Crippen LogP contribution in [0.2, 0.25) is 0 Å². The van der Waals surface area contributed by atoms with Gasteiger partial charge in [-0.15, -0.1) is 0 Å². The third kappa shape index (κ3) is 6.23. The first-order valence-electron chi connectivity index (χ1n) is 11.8. The fraction of sp³-hybridized carbons (Fsp3) is 0.286. The zero-order valence-corrected chi connectivity index (χ0v) is 19.5. The van der Waals surface area contributed by atoms with Gasteiger partial charge in [-0.2, -0.15) is 0 Å². The molecule has 3 aromatic rings. The monoisotopic (exact) mass is 457 g/mol. The largest absolute Gasteiger partial charge is 0.494 e. The number of ether oxygens (including phenoxy) is 1. The van der Waals surface area contributed by atoms with Crippen molar-refractivity contribution in [1.29, 1.82) is 0 Å². The van der Waals surface area contributed by atoms with Crippen molar-refractivity contribution in [2.24, 2.45) is 0 Å². The second-order valence-corrected chi connectivity index (χ2v) is 8.43. The zero-order chi connectivity index (χ0) is 23.8. The molecule has 1 fully saturated rings. The molecule has 1 aliphatic rings. The SMILES string of the molecule is CCOc1ccc(NC(=O)CC2C(=O)N(Cc3ccccc3)CCN2Cc2ccccc2)cc1. The number of anilines is 1. The van der Waals surface area contributed by atoms with Crippen molar-refractivity contribution in [3.8, 4) is 5.75 Å². The third-order valence-corrected chi connectivity index (χ3v) is 5.97. The van der Waals surface area contributed by atoms with Crippen LogP contribution in [0.5, 0.6) is 5.75 Å².